The van der Waals surface area contributed by atoms with Gasteiger partial charge in [-0.3, -0.25) is 0 Å². The Morgan fingerprint density at radius 1 is 1.17 bits per heavy atom. The quantitative estimate of drug-likeness (QED) is 0.631. The second-order valence-corrected chi connectivity index (χ2v) is 3.47. The van der Waals surface area contributed by atoms with Gasteiger partial charge in [0.25, 0.3) is 0 Å². The van der Waals surface area contributed by atoms with Crippen molar-refractivity contribution in [2.24, 2.45) is 17.8 Å². The van der Waals surface area contributed by atoms with Crippen molar-refractivity contribution in [2.45, 2.75) is 12.6 Å². The molecule has 0 bridgehead atoms. The van der Waals surface area contributed by atoms with Crippen LogP contribution in [0.4, 0.5) is 13.2 Å². The van der Waals surface area contributed by atoms with Gasteiger partial charge >= 0.3 is 6.18 Å². The Balaban J connectivity index is 0.000000720. The van der Waals surface area contributed by atoms with E-state index in [-0.39, 0.29) is 18.3 Å². The maximum atomic E-state index is 12.1. The van der Waals surface area contributed by atoms with Crippen LogP contribution < -0.4 is 5.32 Å². The molecular weight excluding hydrogens is 191 g/mol. The number of alkyl halides is 3. The third kappa shape index (κ3) is 1.42. The molecule has 0 spiro atoms. The first-order valence-corrected chi connectivity index (χ1v) is 3.86. The zero-order valence-electron chi connectivity index (χ0n) is 6.40. The lowest BCUT2D eigenvalue weighted by Gasteiger charge is -2.40. The highest BCUT2D eigenvalue weighted by Gasteiger charge is 2.56. The summed E-state index contributed by atoms with van der Waals surface area (Å²) in [5.41, 5.74) is 0. The fourth-order valence-corrected chi connectivity index (χ4v) is 2.16. The lowest BCUT2D eigenvalue weighted by atomic mass is 9.66. The third-order valence-electron chi connectivity index (χ3n) is 2.89. The van der Waals surface area contributed by atoms with E-state index in [4.69, 9.17) is 0 Å². The van der Waals surface area contributed by atoms with E-state index in [0.29, 0.717) is 18.9 Å². The van der Waals surface area contributed by atoms with Crippen LogP contribution in [0.2, 0.25) is 0 Å². The van der Waals surface area contributed by atoms with Crippen molar-refractivity contribution in [3.8, 4) is 0 Å². The molecule has 1 N–H and O–H groups in total. The molecule has 5 heteroatoms. The van der Waals surface area contributed by atoms with Gasteiger partial charge < -0.3 is 5.32 Å². The first kappa shape index (κ1) is 10.1. The Hall–Kier alpha value is 0.0400. The average molecular weight is 202 g/mol. The molecule has 2 rings (SSSR count). The SMILES string of the molecule is Cl.FC(F)(F)[C@@H]1C[C@H]2CNC[C@H]21. The normalized spacial score (nSPS) is 39.8. The summed E-state index contributed by atoms with van der Waals surface area (Å²) in [6.07, 6.45) is -3.60. The fraction of sp³-hybridized carbons (Fsp3) is 1.00. The van der Waals surface area contributed by atoms with Gasteiger partial charge in [-0.25, -0.2) is 0 Å². The molecule has 1 saturated heterocycles. The molecule has 1 aliphatic heterocycles. The third-order valence-corrected chi connectivity index (χ3v) is 2.89. The minimum absolute atomic E-state index is 0. The summed E-state index contributed by atoms with van der Waals surface area (Å²) in [5, 5.41) is 2.99. The van der Waals surface area contributed by atoms with Crippen LogP contribution in [0.5, 0.6) is 0 Å². The van der Waals surface area contributed by atoms with Gasteiger partial charge in [0, 0.05) is 0 Å². The molecule has 0 radical (unpaired) electrons. The topological polar surface area (TPSA) is 12.0 Å². The van der Waals surface area contributed by atoms with Crippen LogP contribution in [0.25, 0.3) is 0 Å². The summed E-state index contributed by atoms with van der Waals surface area (Å²) in [5.74, 6) is -0.820. The second kappa shape index (κ2) is 3.07. The van der Waals surface area contributed by atoms with Crippen LogP contribution in [0.1, 0.15) is 6.42 Å². The van der Waals surface area contributed by atoms with Gasteiger partial charge in [-0.15, -0.1) is 12.4 Å². The largest absolute Gasteiger partial charge is 0.392 e. The van der Waals surface area contributed by atoms with Crippen LogP contribution in [0.15, 0.2) is 0 Å². The molecule has 72 valence electrons. The van der Waals surface area contributed by atoms with Gasteiger partial charge in [-0.1, -0.05) is 0 Å². The predicted molar refractivity (Wildman–Crippen MR) is 41.3 cm³/mol. The lowest BCUT2D eigenvalue weighted by Crippen LogP contribution is -2.44. The van der Waals surface area contributed by atoms with Crippen molar-refractivity contribution in [2.75, 3.05) is 13.1 Å². The fourth-order valence-electron chi connectivity index (χ4n) is 2.16. The molecule has 2 fully saturated rings. The van der Waals surface area contributed by atoms with Crippen LogP contribution in [-0.4, -0.2) is 19.3 Å². The summed E-state index contributed by atoms with van der Waals surface area (Å²) in [6, 6.07) is 0. The highest BCUT2D eigenvalue weighted by atomic mass is 35.5. The smallest absolute Gasteiger partial charge is 0.316 e. The first-order chi connectivity index (χ1) is 5.09. The Labute approximate surface area is 75.1 Å². The molecule has 0 aromatic heterocycles. The van der Waals surface area contributed by atoms with Crippen molar-refractivity contribution in [1.82, 2.24) is 5.32 Å². The first-order valence-electron chi connectivity index (χ1n) is 3.86. The molecule has 0 aromatic rings. The van der Waals surface area contributed by atoms with Crippen LogP contribution in [-0.2, 0) is 0 Å². The van der Waals surface area contributed by atoms with E-state index >= 15 is 0 Å². The zero-order chi connectivity index (χ0) is 8.06. The minimum Gasteiger partial charge on any atom is -0.316 e. The average Bonchev–Trinajstić information content (AvgIpc) is 2.08. The Bertz CT molecular complexity index is 171. The number of rotatable bonds is 0. The molecular formula is C7H11ClF3N. The highest BCUT2D eigenvalue weighted by molar-refractivity contribution is 5.85. The standard InChI is InChI=1S/C7H10F3N.ClH/c8-7(9,10)6-1-4-2-11-3-5(4)6;/h4-6,11H,1-3H2;1H/t4-,5+,6+;/m0./s1. The van der Waals surface area contributed by atoms with Gasteiger partial charge in [0.15, 0.2) is 0 Å². The summed E-state index contributed by atoms with van der Waals surface area (Å²) in [7, 11) is 0. The van der Waals surface area contributed by atoms with Gasteiger partial charge in [-0.05, 0) is 31.3 Å². The summed E-state index contributed by atoms with van der Waals surface area (Å²) in [4.78, 5) is 0. The predicted octanol–water partition coefficient (Wildman–Crippen LogP) is 1.83. The van der Waals surface area contributed by atoms with Crippen molar-refractivity contribution in [3.05, 3.63) is 0 Å². The van der Waals surface area contributed by atoms with Gasteiger partial charge in [-0.2, -0.15) is 13.2 Å². The second-order valence-electron chi connectivity index (χ2n) is 3.47. The van der Waals surface area contributed by atoms with E-state index in [2.05, 4.69) is 5.32 Å². The molecule has 0 amide bonds. The maximum Gasteiger partial charge on any atom is 0.392 e. The number of hydrogen-bond donors (Lipinski definition) is 1. The van der Waals surface area contributed by atoms with E-state index in [9.17, 15) is 13.2 Å². The molecule has 3 atom stereocenters. The van der Waals surface area contributed by atoms with Crippen molar-refractivity contribution >= 4 is 12.4 Å². The van der Waals surface area contributed by atoms with Crippen molar-refractivity contribution in [1.29, 1.82) is 0 Å². The maximum absolute atomic E-state index is 12.1. The number of hydrogen-bond acceptors (Lipinski definition) is 1. The van der Waals surface area contributed by atoms with E-state index in [1.807, 2.05) is 0 Å². The lowest BCUT2D eigenvalue weighted by molar-refractivity contribution is -0.220. The molecule has 0 aromatic carbocycles. The monoisotopic (exact) mass is 201 g/mol. The van der Waals surface area contributed by atoms with E-state index in [1.54, 1.807) is 0 Å². The minimum atomic E-state index is -3.95. The van der Waals surface area contributed by atoms with Crippen LogP contribution >= 0.6 is 12.4 Å². The van der Waals surface area contributed by atoms with Gasteiger partial charge in [0.1, 0.15) is 0 Å². The molecule has 1 saturated carbocycles. The van der Waals surface area contributed by atoms with Crippen LogP contribution in [0.3, 0.4) is 0 Å². The van der Waals surface area contributed by atoms with E-state index in [1.165, 1.54) is 0 Å². The van der Waals surface area contributed by atoms with Crippen molar-refractivity contribution in [3.63, 3.8) is 0 Å². The van der Waals surface area contributed by atoms with E-state index in [0.717, 1.165) is 6.54 Å². The van der Waals surface area contributed by atoms with E-state index < -0.39 is 12.1 Å². The zero-order valence-corrected chi connectivity index (χ0v) is 7.21. The number of fused-ring (bicyclic) bond motifs is 1. The molecule has 1 heterocycles. The molecule has 1 nitrogen and oxygen atoms in total. The number of nitrogens with one attached hydrogen (secondary N) is 1. The molecule has 12 heavy (non-hydrogen) atoms. The molecule has 2 aliphatic rings. The summed E-state index contributed by atoms with van der Waals surface area (Å²) >= 11 is 0. The molecule has 1 aliphatic carbocycles. The Morgan fingerprint density at radius 3 is 2.33 bits per heavy atom. The van der Waals surface area contributed by atoms with Gasteiger partial charge in [0.05, 0.1) is 5.92 Å². The summed E-state index contributed by atoms with van der Waals surface area (Å²) in [6.45, 7) is 1.35. The van der Waals surface area contributed by atoms with Crippen molar-refractivity contribution < 1.29 is 13.2 Å². The Kier molecular flexibility index (Phi) is 2.59. The Morgan fingerprint density at radius 2 is 1.83 bits per heavy atom. The highest BCUT2D eigenvalue weighted by Crippen LogP contribution is 2.50. The number of halogens is 4. The van der Waals surface area contributed by atoms with Gasteiger partial charge in [0.2, 0.25) is 0 Å². The summed E-state index contributed by atoms with van der Waals surface area (Å²) < 4.78 is 36.3. The van der Waals surface area contributed by atoms with Crippen LogP contribution in [0, 0.1) is 17.8 Å². The molecule has 0 unspecified atom stereocenters.